The first-order chi connectivity index (χ1) is 9.63. The van der Waals surface area contributed by atoms with E-state index in [-0.39, 0.29) is 5.54 Å². The van der Waals surface area contributed by atoms with Gasteiger partial charge in [-0.1, -0.05) is 24.3 Å². The molecule has 20 heavy (non-hydrogen) atoms. The van der Waals surface area contributed by atoms with E-state index >= 15 is 0 Å². The standard InChI is InChI=1S/C16H19BrN2S/c1-19(9-15-6-14(17)10-20-15)16(11-18)7-12-4-2-3-5-13(12)8-16/h2-6,10H,7-9,11,18H2,1H3. The Morgan fingerprint density at radius 2 is 1.95 bits per heavy atom. The first-order valence-electron chi connectivity index (χ1n) is 6.84. The van der Waals surface area contributed by atoms with Gasteiger partial charge in [-0.25, -0.2) is 0 Å². The highest BCUT2D eigenvalue weighted by Gasteiger charge is 2.39. The Morgan fingerprint density at radius 1 is 1.30 bits per heavy atom. The molecule has 106 valence electrons. The molecule has 0 saturated carbocycles. The predicted octanol–water partition coefficient (Wildman–Crippen LogP) is 3.44. The van der Waals surface area contributed by atoms with Gasteiger partial charge in [0.1, 0.15) is 0 Å². The molecule has 1 aromatic carbocycles. The average molecular weight is 351 g/mol. The lowest BCUT2D eigenvalue weighted by Gasteiger charge is -2.37. The average Bonchev–Trinajstić information content (AvgIpc) is 3.02. The van der Waals surface area contributed by atoms with Crippen LogP contribution < -0.4 is 5.73 Å². The Hall–Kier alpha value is -0.680. The number of hydrogen-bond acceptors (Lipinski definition) is 3. The normalized spacial score (nSPS) is 16.6. The van der Waals surface area contributed by atoms with Crippen molar-refractivity contribution >= 4 is 27.3 Å². The van der Waals surface area contributed by atoms with Crippen molar-refractivity contribution in [1.29, 1.82) is 0 Å². The molecule has 0 aliphatic heterocycles. The Balaban J connectivity index is 1.80. The van der Waals surface area contributed by atoms with Crippen LogP contribution in [0, 0.1) is 0 Å². The highest BCUT2D eigenvalue weighted by atomic mass is 79.9. The third kappa shape index (κ3) is 2.58. The number of benzene rings is 1. The summed E-state index contributed by atoms with van der Waals surface area (Å²) in [6.07, 6.45) is 2.12. The topological polar surface area (TPSA) is 29.3 Å². The highest BCUT2D eigenvalue weighted by molar-refractivity contribution is 9.10. The first kappa shape index (κ1) is 14.3. The van der Waals surface area contributed by atoms with Crippen LogP contribution >= 0.6 is 27.3 Å². The van der Waals surface area contributed by atoms with Crippen molar-refractivity contribution in [2.45, 2.75) is 24.9 Å². The van der Waals surface area contributed by atoms with Crippen molar-refractivity contribution in [3.05, 3.63) is 56.2 Å². The van der Waals surface area contributed by atoms with E-state index in [1.54, 1.807) is 11.3 Å². The fourth-order valence-electron chi connectivity index (χ4n) is 3.08. The van der Waals surface area contributed by atoms with Crippen LogP contribution in [0.2, 0.25) is 0 Å². The Bertz CT molecular complexity index is 583. The van der Waals surface area contributed by atoms with Crippen molar-refractivity contribution in [3.63, 3.8) is 0 Å². The van der Waals surface area contributed by atoms with E-state index in [1.165, 1.54) is 20.5 Å². The fraction of sp³-hybridized carbons (Fsp3) is 0.375. The van der Waals surface area contributed by atoms with Gasteiger partial charge < -0.3 is 5.73 Å². The molecule has 0 amide bonds. The Morgan fingerprint density at radius 3 is 2.45 bits per heavy atom. The van der Waals surface area contributed by atoms with Gasteiger partial charge in [0.15, 0.2) is 0 Å². The first-order valence-corrected chi connectivity index (χ1v) is 8.51. The summed E-state index contributed by atoms with van der Waals surface area (Å²) < 4.78 is 1.17. The molecule has 3 rings (SSSR count). The number of nitrogens with zero attached hydrogens (tertiary/aromatic N) is 1. The molecule has 0 fully saturated rings. The number of likely N-dealkylation sites (N-methyl/N-ethyl adjacent to an activating group) is 1. The second kappa shape index (κ2) is 5.60. The van der Waals surface area contributed by atoms with Gasteiger partial charge in [-0.3, -0.25) is 4.90 Å². The molecule has 0 radical (unpaired) electrons. The van der Waals surface area contributed by atoms with E-state index in [0.717, 1.165) is 19.4 Å². The van der Waals surface area contributed by atoms with E-state index in [2.05, 4.69) is 63.6 Å². The van der Waals surface area contributed by atoms with Crippen LogP contribution in [0.25, 0.3) is 0 Å². The summed E-state index contributed by atoms with van der Waals surface area (Å²) >= 11 is 5.33. The summed E-state index contributed by atoms with van der Waals surface area (Å²) in [5, 5.41) is 2.14. The third-order valence-corrected chi connectivity index (χ3v) is 6.04. The number of fused-ring (bicyclic) bond motifs is 1. The van der Waals surface area contributed by atoms with Crippen LogP contribution in [0.4, 0.5) is 0 Å². The van der Waals surface area contributed by atoms with Crippen LogP contribution in [-0.4, -0.2) is 24.0 Å². The van der Waals surface area contributed by atoms with Gasteiger partial charge in [0.25, 0.3) is 0 Å². The molecule has 1 aromatic heterocycles. The maximum Gasteiger partial charge on any atom is 0.0413 e. The summed E-state index contributed by atoms with van der Waals surface area (Å²) in [5.74, 6) is 0. The van der Waals surface area contributed by atoms with Crippen molar-refractivity contribution in [2.75, 3.05) is 13.6 Å². The minimum absolute atomic E-state index is 0.0696. The second-order valence-corrected chi connectivity index (χ2v) is 7.55. The van der Waals surface area contributed by atoms with Crippen LogP contribution in [-0.2, 0) is 19.4 Å². The summed E-state index contributed by atoms with van der Waals surface area (Å²) in [4.78, 5) is 3.81. The zero-order chi connectivity index (χ0) is 14.2. The zero-order valence-electron chi connectivity index (χ0n) is 11.6. The van der Waals surface area contributed by atoms with Gasteiger partial charge in [0.2, 0.25) is 0 Å². The van der Waals surface area contributed by atoms with Crippen LogP contribution in [0.15, 0.2) is 40.2 Å². The van der Waals surface area contributed by atoms with Gasteiger partial charge in [0.05, 0.1) is 0 Å². The molecule has 0 bridgehead atoms. The minimum Gasteiger partial charge on any atom is -0.329 e. The molecule has 0 atom stereocenters. The van der Waals surface area contributed by atoms with Crippen LogP contribution in [0.5, 0.6) is 0 Å². The van der Waals surface area contributed by atoms with Crippen LogP contribution in [0.3, 0.4) is 0 Å². The summed E-state index contributed by atoms with van der Waals surface area (Å²) in [6.45, 7) is 1.66. The second-order valence-electron chi connectivity index (χ2n) is 5.64. The van der Waals surface area contributed by atoms with E-state index in [0.29, 0.717) is 6.54 Å². The predicted molar refractivity (Wildman–Crippen MR) is 89.1 cm³/mol. The largest absolute Gasteiger partial charge is 0.329 e. The quantitative estimate of drug-likeness (QED) is 0.914. The number of hydrogen-bond donors (Lipinski definition) is 1. The Labute approximate surface area is 132 Å². The van der Waals surface area contributed by atoms with Crippen LogP contribution in [0.1, 0.15) is 16.0 Å². The van der Waals surface area contributed by atoms with E-state index in [9.17, 15) is 0 Å². The summed E-state index contributed by atoms with van der Waals surface area (Å²) in [6, 6.07) is 10.9. The zero-order valence-corrected chi connectivity index (χ0v) is 14.0. The molecule has 1 aliphatic rings. The molecule has 2 aromatic rings. The highest BCUT2D eigenvalue weighted by Crippen LogP contribution is 2.34. The van der Waals surface area contributed by atoms with Gasteiger partial charge in [-0.15, -0.1) is 11.3 Å². The third-order valence-electron chi connectivity index (χ3n) is 4.36. The molecule has 0 spiro atoms. The molecule has 1 heterocycles. The van der Waals surface area contributed by atoms with Gasteiger partial charge in [-0.05, 0) is 53.0 Å². The Kier molecular flexibility index (Phi) is 4.00. The maximum atomic E-state index is 6.16. The number of nitrogens with two attached hydrogens (primary N) is 1. The van der Waals surface area contributed by atoms with Crippen molar-refractivity contribution in [1.82, 2.24) is 4.90 Å². The minimum atomic E-state index is 0.0696. The lowest BCUT2D eigenvalue weighted by Crippen LogP contribution is -2.52. The molecule has 2 nitrogen and oxygen atoms in total. The SMILES string of the molecule is CN(Cc1cc(Br)cs1)C1(CN)Cc2ccccc2C1. The lowest BCUT2D eigenvalue weighted by atomic mass is 9.93. The van der Waals surface area contributed by atoms with Crippen molar-refractivity contribution in [3.8, 4) is 0 Å². The van der Waals surface area contributed by atoms with E-state index < -0.39 is 0 Å². The molecular weight excluding hydrogens is 332 g/mol. The number of thiophene rings is 1. The maximum absolute atomic E-state index is 6.16. The fourth-order valence-corrected chi connectivity index (χ4v) is 4.59. The van der Waals surface area contributed by atoms with Crippen molar-refractivity contribution in [2.24, 2.45) is 5.73 Å². The lowest BCUT2D eigenvalue weighted by molar-refractivity contribution is 0.129. The number of rotatable bonds is 4. The molecule has 0 unspecified atom stereocenters. The molecule has 2 N–H and O–H groups in total. The molecule has 0 saturated heterocycles. The van der Waals surface area contributed by atoms with Gasteiger partial charge in [-0.2, -0.15) is 0 Å². The van der Waals surface area contributed by atoms with E-state index in [1.807, 2.05) is 0 Å². The number of halogens is 1. The monoisotopic (exact) mass is 350 g/mol. The summed E-state index contributed by atoms with van der Waals surface area (Å²) in [5.41, 5.74) is 9.14. The molecule has 1 aliphatic carbocycles. The smallest absolute Gasteiger partial charge is 0.0413 e. The molecule has 4 heteroatoms. The van der Waals surface area contributed by atoms with Gasteiger partial charge in [0, 0.05) is 33.4 Å². The molecular formula is C16H19BrN2S. The summed E-state index contributed by atoms with van der Waals surface area (Å²) in [7, 11) is 2.20. The van der Waals surface area contributed by atoms with Gasteiger partial charge >= 0.3 is 0 Å². The van der Waals surface area contributed by atoms with Crippen molar-refractivity contribution < 1.29 is 0 Å². The van der Waals surface area contributed by atoms with E-state index in [4.69, 9.17) is 5.73 Å².